The van der Waals surface area contributed by atoms with Crippen LogP contribution < -0.4 is 28.4 Å². The molecule has 0 fully saturated rings. The van der Waals surface area contributed by atoms with Gasteiger partial charge in [0.05, 0.1) is 0 Å². The van der Waals surface area contributed by atoms with E-state index in [1.807, 2.05) is 0 Å². The van der Waals surface area contributed by atoms with Crippen LogP contribution in [-0.4, -0.2) is 91.9 Å². The maximum Gasteiger partial charge on any atom is 0.216 e. The summed E-state index contributed by atoms with van der Waals surface area (Å²) < 4.78 is 32.9. The Labute approximate surface area is 365 Å². The summed E-state index contributed by atoms with van der Waals surface area (Å²) >= 11 is 0. The van der Waals surface area contributed by atoms with Crippen molar-refractivity contribution >= 4 is 0 Å². The van der Waals surface area contributed by atoms with E-state index < -0.39 is 167 Å². The summed E-state index contributed by atoms with van der Waals surface area (Å²) in [5, 5.41) is 186. The molecule has 24 nitrogen and oxygen atoms in total. The zero-order valence-corrected chi connectivity index (χ0v) is 32.4. The topological polar surface area (TPSA) is 420 Å². The second-order valence-electron chi connectivity index (χ2n) is 13.4. The second-order valence-corrected chi connectivity index (χ2v) is 13.4. The Bertz CT molecular complexity index is 3000. The maximum absolute atomic E-state index is 11.0. The molecule has 0 spiro atoms. The van der Waals surface area contributed by atoms with E-state index in [4.69, 9.17) is 28.4 Å². The summed E-state index contributed by atoms with van der Waals surface area (Å²) in [5.41, 5.74) is 0. The fraction of sp³-hybridized carbons (Fsp3) is 0. The minimum absolute atomic E-state index is 0.368. The first-order chi connectivity index (χ1) is 31.1. The molecule has 0 saturated carbocycles. The number of aromatic hydroxyl groups is 18. The molecule has 0 saturated heterocycles. The lowest BCUT2D eigenvalue weighted by molar-refractivity contribution is 0.316. The molecule has 7 rings (SSSR count). The third-order valence-corrected chi connectivity index (χ3v) is 8.81. The fourth-order valence-corrected chi connectivity index (χ4v) is 5.76. The van der Waals surface area contributed by atoms with E-state index in [9.17, 15) is 91.9 Å². The van der Waals surface area contributed by atoms with Gasteiger partial charge in [0.25, 0.3) is 0 Å². The highest BCUT2D eigenvalue weighted by atomic mass is 16.6. The van der Waals surface area contributed by atoms with Gasteiger partial charge in [-0.1, -0.05) is 0 Å². The average Bonchev–Trinajstić information content (AvgIpc) is 3.23. The van der Waals surface area contributed by atoms with Gasteiger partial charge in [0.1, 0.15) is 28.7 Å². The van der Waals surface area contributed by atoms with E-state index in [1.54, 1.807) is 0 Å². The van der Waals surface area contributed by atoms with Gasteiger partial charge in [-0.15, -0.1) is 0 Å². The lowest BCUT2D eigenvalue weighted by Crippen LogP contribution is -1.95. The van der Waals surface area contributed by atoms with Crippen LogP contribution >= 0.6 is 0 Å². The first kappa shape index (κ1) is 43.8. The first-order valence-corrected chi connectivity index (χ1v) is 17.9. The third kappa shape index (κ3) is 8.36. The molecule has 18 N–H and O–H groups in total. The fourth-order valence-electron chi connectivity index (χ4n) is 5.76. The average molecular weight is 919 g/mol. The number of hydrogen-bond donors (Lipinski definition) is 18. The summed E-state index contributed by atoms with van der Waals surface area (Å²) in [7, 11) is 0. The molecule has 0 aliphatic rings. The van der Waals surface area contributed by atoms with Gasteiger partial charge >= 0.3 is 0 Å². The predicted octanol–water partition coefficient (Wildman–Crippen LogP) is 7.14. The van der Waals surface area contributed by atoms with Gasteiger partial charge in [-0.2, -0.15) is 0 Å². The normalized spacial score (nSPS) is 10.9. The van der Waals surface area contributed by atoms with Crippen molar-refractivity contribution in [1.82, 2.24) is 0 Å². The van der Waals surface area contributed by atoms with Gasteiger partial charge in [0.2, 0.25) is 63.2 Å². The van der Waals surface area contributed by atoms with Crippen molar-refractivity contribution in [2.24, 2.45) is 0 Å². The molecule has 0 unspecified atom stereocenters. The number of rotatable bonds is 12. The Kier molecular flexibility index (Phi) is 11.0. The van der Waals surface area contributed by atoms with Crippen LogP contribution in [0.4, 0.5) is 0 Å². The van der Waals surface area contributed by atoms with Crippen LogP contribution in [-0.2, 0) is 0 Å². The van der Waals surface area contributed by atoms with E-state index >= 15 is 0 Å². The van der Waals surface area contributed by atoms with Crippen molar-refractivity contribution in [3.8, 4) is 172 Å². The maximum atomic E-state index is 11.0. The van der Waals surface area contributed by atoms with E-state index in [-0.39, 0.29) is 5.75 Å². The molecule has 0 heterocycles. The second kappa shape index (κ2) is 16.5. The molecule has 0 atom stereocenters. The Hall–Kier alpha value is -10.3. The number of phenols is 18. The molecular formula is C42H30O24. The molecule has 0 bridgehead atoms. The van der Waals surface area contributed by atoms with Crippen LogP contribution in [0.25, 0.3) is 0 Å². The monoisotopic (exact) mass is 918 g/mol. The highest BCUT2D eigenvalue weighted by Crippen LogP contribution is 2.57. The summed E-state index contributed by atoms with van der Waals surface area (Å²) in [4.78, 5) is 0. The first-order valence-electron chi connectivity index (χ1n) is 17.9. The Balaban J connectivity index is 1.18. The highest BCUT2D eigenvalue weighted by molar-refractivity contribution is 5.70. The quantitative estimate of drug-likeness (QED) is 0.0541. The van der Waals surface area contributed by atoms with Crippen LogP contribution in [0.1, 0.15) is 0 Å². The Morgan fingerprint density at radius 1 is 0.197 bits per heavy atom. The molecule has 0 aromatic heterocycles. The SMILES string of the molecule is Oc1cc(O)c(Oc2cc(O)c(Oc3cc(O)c(O)c(O)c3Oc3cc(O)c(Oc4c(Oc5cc(O)c(O)c(Oc6cc(O)c(O)c(O)c6)c5)cc(O)c(O)c4O)c(O)c3)c(O)c2)c(O)c1. The third-order valence-electron chi connectivity index (χ3n) is 8.81. The molecule has 342 valence electrons. The van der Waals surface area contributed by atoms with Gasteiger partial charge in [-0.25, -0.2) is 0 Å². The van der Waals surface area contributed by atoms with Crippen LogP contribution in [0, 0.1) is 0 Å². The highest BCUT2D eigenvalue weighted by Gasteiger charge is 2.28. The number of benzene rings is 7. The van der Waals surface area contributed by atoms with Crippen molar-refractivity contribution < 1.29 is 120 Å². The van der Waals surface area contributed by atoms with E-state index in [0.29, 0.717) is 24.3 Å². The molecule has 66 heavy (non-hydrogen) atoms. The molecule has 24 heteroatoms. The van der Waals surface area contributed by atoms with Crippen LogP contribution in [0.5, 0.6) is 172 Å². The van der Waals surface area contributed by atoms with Gasteiger partial charge < -0.3 is 120 Å². The number of phenolic OH excluding ortho intramolecular Hbond substituents is 18. The molecule has 0 radical (unpaired) electrons. The van der Waals surface area contributed by atoms with Crippen LogP contribution in [0.15, 0.2) is 72.8 Å². The lowest BCUT2D eigenvalue weighted by atomic mass is 10.2. The Morgan fingerprint density at radius 2 is 0.500 bits per heavy atom. The van der Waals surface area contributed by atoms with Crippen molar-refractivity contribution in [2.75, 3.05) is 0 Å². The Morgan fingerprint density at radius 3 is 0.985 bits per heavy atom. The zero-order valence-electron chi connectivity index (χ0n) is 32.4. The van der Waals surface area contributed by atoms with Crippen molar-refractivity contribution in [3.05, 3.63) is 72.8 Å². The standard InChI is InChI=1S/C42H30O24/c43-13-1-23(49)38(24(50)2-13)63-15-6-25(51)39(26(52)7-15)65-31-12-22(48)34(57)36(59)41(31)64-16-8-27(53)40(28(54)9-16)66-42-30(11-21(47)35(58)37(42)60)62-17-5-20(46)33(56)29(10-17)61-14-3-18(44)32(55)19(45)4-14/h1-12,43-60H. The van der Waals surface area contributed by atoms with Gasteiger partial charge in [0, 0.05) is 72.8 Å². The molecule has 0 aliphatic heterocycles. The zero-order chi connectivity index (χ0) is 48.0. The summed E-state index contributed by atoms with van der Waals surface area (Å²) in [5.74, 6) is -25.2. The largest absolute Gasteiger partial charge is 0.508 e. The molecule has 0 amide bonds. The lowest BCUT2D eigenvalue weighted by Gasteiger charge is -2.19. The predicted molar refractivity (Wildman–Crippen MR) is 216 cm³/mol. The number of hydrogen-bond acceptors (Lipinski definition) is 24. The van der Waals surface area contributed by atoms with E-state index in [2.05, 4.69) is 0 Å². The van der Waals surface area contributed by atoms with Crippen LogP contribution in [0.3, 0.4) is 0 Å². The van der Waals surface area contributed by atoms with Gasteiger partial charge in [-0.05, 0) is 0 Å². The van der Waals surface area contributed by atoms with Crippen molar-refractivity contribution in [2.45, 2.75) is 0 Å². The van der Waals surface area contributed by atoms with E-state index in [1.165, 1.54) is 0 Å². The minimum Gasteiger partial charge on any atom is -0.508 e. The van der Waals surface area contributed by atoms with Gasteiger partial charge in [-0.3, -0.25) is 0 Å². The van der Waals surface area contributed by atoms with Crippen LogP contribution in [0.2, 0.25) is 0 Å². The van der Waals surface area contributed by atoms with Crippen molar-refractivity contribution in [3.63, 3.8) is 0 Å². The number of ether oxygens (including phenoxy) is 6. The molecule has 7 aromatic carbocycles. The molecular weight excluding hydrogens is 888 g/mol. The smallest absolute Gasteiger partial charge is 0.216 e. The summed E-state index contributed by atoms with van der Waals surface area (Å²) in [6.45, 7) is 0. The molecule has 7 aromatic rings. The van der Waals surface area contributed by atoms with Gasteiger partial charge in [0.15, 0.2) is 80.5 Å². The van der Waals surface area contributed by atoms with E-state index in [0.717, 1.165) is 48.5 Å². The van der Waals surface area contributed by atoms with Crippen molar-refractivity contribution in [1.29, 1.82) is 0 Å². The minimum atomic E-state index is -1.26. The summed E-state index contributed by atoms with van der Waals surface area (Å²) in [6, 6.07) is 9.36. The molecule has 0 aliphatic carbocycles. The summed E-state index contributed by atoms with van der Waals surface area (Å²) in [6.07, 6.45) is 0.